The molecule has 2 aliphatic heterocycles. The van der Waals surface area contributed by atoms with Crippen molar-refractivity contribution in [2.24, 2.45) is 16.0 Å². The van der Waals surface area contributed by atoms with Gasteiger partial charge in [-0.25, -0.2) is 5.01 Å². The summed E-state index contributed by atoms with van der Waals surface area (Å²) in [7, 11) is 0. The predicted molar refractivity (Wildman–Crippen MR) is 149 cm³/mol. The molecule has 2 heterocycles. The minimum atomic E-state index is -0.197. The average Bonchev–Trinajstić information content (AvgIpc) is 3.47. The molecule has 1 saturated carbocycles. The van der Waals surface area contributed by atoms with Crippen molar-refractivity contribution in [2.75, 3.05) is 0 Å². The molecule has 1 amide bonds. The molecule has 36 heavy (non-hydrogen) atoms. The Kier molecular flexibility index (Phi) is 6.16. The van der Waals surface area contributed by atoms with Gasteiger partial charge in [-0.2, -0.15) is 10.1 Å². The number of allylic oxidation sites excluding steroid dienone is 1. The van der Waals surface area contributed by atoms with E-state index in [1.165, 1.54) is 34.0 Å². The fourth-order valence-electron chi connectivity index (χ4n) is 5.20. The third-order valence-electron chi connectivity index (χ3n) is 6.96. The van der Waals surface area contributed by atoms with Gasteiger partial charge >= 0.3 is 0 Å². The number of nitrogens with zero attached hydrogens (tertiary/aromatic N) is 3. The number of thioether (sulfide) groups is 1. The van der Waals surface area contributed by atoms with Crippen LogP contribution in [0.25, 0.3) is 12.2 Å². The van der Waals surface area contributed by atoms with E-state index < -0.39 is 0 Å². The van der Waals surface area contributed by atoms with Crippen LogP contribution in [0.3, 0.4) is 0 Å². The van der Waals surface area contributed by atoms with Crippen molar-refractivity contribution in [1.82, 2.24) is 5.01 Å². The number of hydrazone groups is 1. The van der Waals surface area contributed by atoms with Crippen molar-refractivity contribution in [1.29, 1.82) is 0 Å². The van der Waals surface area contributed by atoms with E-state index in [0.717, 1.165) is 30.5 Å². The van der Waals surface area contributed by atoms with Crippen molar-refractivity contribution >= 4 is 40.7 Å². The van der Waals surface area contributed by atoms with Gasteiger partial charge in [0.05, 0.1) is 16.7 Å². The highest BCUT2D eigenvalue weighted by molar-refractivity contribution is 8.18. The zero-order valence-corrected chi connectivity index (χ0v) is 21.0. The van der Waals surface area contributed by atoms with Crippen LogP contribution >= 0.6 is 11.8 Å². The number of amidine groups is 1. The van der Waals surface area contributed by atoms with Crippen LogP contribution in [0.2, 0.25) is 0 Å². The van der Waals surface area contributed by atoms with Crippen LogP contribution in [0.5, 0.6) is 0 Å². The molecule has 4 nitrogen and oxygen atoms in total. The highest BCUT2D eigenvalue weighted by Crippen LogP contribution is 2.47. The van der Waals surface area contributed by atoms with Crippen molar-refractivity contribution < 1.29 is 4.79 Å². The molecule has 6 rings (SSSR count). The third kappa shape index (κ3) is 4.47. The van der Waals surface area contributed by atoms with Gasteiger partial charge < -0.3 is 0 Å². The van der Waals surface area contributed by atoms with E-state index in [4.69, 9.17) is 5.10 Å². The van der Waals surface area contributed by atoms with E-state index in [2.05, 4.69) is 78.7 Å². The van der Waals surface area contributed by atoms with Crippen LogP contribution in [0.1, 0.15) is 47.6 Å². The molecule has 0 unspecified atom stereocenters. The molecule has 3 aromatic rings. The number of aliphatic imine (C=N–C) groups is 1. The zero-order valence-electron chi connectivity index (χ0n) is 20.2. The van der Waals surface area contributed by atoms with E-state index in [9.17, 15) is 4.79 Å². The third-order valence-corrected chi connectivity index (χ3v) is 7.94. The van der Waals surface area contributed by atoms with E-state index in [0.29, 0.717) is 10.1 Å². The lowest BCUT2D eigenvalue weighted by Crippen LogP contribution is -2.30. The van der Waals surface area contributed by atoms with Crippen LogP contribution in [0.4, 0.5) is 0 Å². The number of carbonyl (C=O) groups is 1. The van der Waals surface area contributed by atoms with E-state index in [1.807, 2.05) is 35.4 Å². The highest BCUT2D eigenvalue weighted by Gasteiger charge is 2.44. The van der Waals surface area contributed by atoms with Gasteiger partial charge in [0, 0.05) is 5.92 Å². The lowest BCUT2D eigenvalue weighted by molar-refractivity contribution is -0.113. The normalized spacial score (nSPS) is 23.7. The average molecular weight is 490 g/mol. The Balaban J connectivity index is 1.37. The minimum absolute atomic E-state index is 0.0263. The van der Waals surface area contributed by atoms with Crippen LogP contribution in [0, 0.1) is 12.8 Å². The summed E-state index contributed by atoms with van der Waals surface area (Å²) in [5, 5.41) is 7.84. The number of hydrogen-bond donors (Lipinski definition) is 0. The lowest BCUT2D eigenvalue weighted by Gasteiger charge is -2.30. The summed E-state index contributed by atoms with van der Waals surface area (Å²) in [4.78, 5) is 18.0. The molecule has 0 spiro atoms. The first-order valence-corrected chi connectivity index (χ1v) is 13.3. The van der Waals surface area contributed by atoms with E-state index in [-0.39, 0.29) is 17.9 Å². The molecule has 0 bridgehead atoms. The van der Waals surface area contributed by atoms with Gasteiger partial charge in [0.1, 0.15) is 0 Å². The maximum atomic E-state index is 12.9. The van der Waals surface area contributed by atoms with Crippen molar-refractivity contribution in [3.05, 3.63) is 118 Å². The summed E-state index contributed by atoms with van der Waals surface area (Å²) < 4.78 is 0. The molecular formula is C31H27N3OS. The first-order valence-electron chi connectivity index (χ1n) is 12.4. The van der Waals surface area contributed by atoms with Crippen LogP contribution in [-0.2, 0) is 4.79 Å². The van der Waals surface area contributed by atoms with Gasteiger partial charge in [-0.15, -0.1) is 0 Å². The van der Waals surface area contributed by atoms with Crippen molar-refractivity contribution in [3.8, 4) is 0 Å². The molecule has 0 aromatic heterocycles. The molecule has 3 aliphatic rings. The molecule has 3 aromatic carbocycles. The molecule has 0 radical (unpaired) electrons. The minimum Gasteiger partial charge on any atom is -0.266 e. The Bertz CT molecular complexity index is 1410. The highest BCUT2D eigenvalue weighted by atomic mass is 32.2. The van der Waals surface area contributed by atoms with Gasteiger partial charge in [-0.1, -0.05) is 90.5 Å². The topological polar surface area (TPSA) is 45.0 Å². The summed E-state index contributed by atoms with van der Waals surface area (Å²) >= 11 is 1.43. The van der Waals surface area contributed by atoms with Crippen molar-refractivity contribution in [2.45, 2.75) is 32.2 Å². The standard InChI is InChI=1S/C31H27N3OS/c1-21-15-17-23(18-16-21)20-27-30(35)32-31(36-27)34-29(24-11-6-3-7-12-24)26-14-8-13-25(28(26)33-34)19-22-9-4-2-5-10-22/h2-7,9-12,15-20,26,29H,8,13-14H2,1H3/b25-19+,27-20+/t26-,29-/m1/s1. The number of fused-ring (bicyclic) bond motifs is 1. The second-order valence-electron chi connectivity index (χ2n) is 9.49. The quantitative estimate of drug-likeness (QED) is 0.364. The number of carbonyl (C=O) groups excluding carboxylic acids is 1. The van der Waals surface area contributed by atoms with Gasteiger partial charge in [-0.3, -0.25) is 4.79 Å². The number of hydrogen-bond acceptors (Lipinski definition) is 4. The molecule has 1 aliphatic carbocycles. The van der Waals surface area contributed by atoms with Crippen LogP contribution in [0.15, 0.2) is 106 Å². The Morgan fingerprint density at radius 3 is 2.33 bits per heavy atom. The summed E-state index contributed by atoms with van der Waals surface area (Å²) in [6.45, 7) is 2.06. The smallest absolute Gasteiger partial charge is 0.266 e. The fraction of sp³-hybridized carbons (Fsp3) is 0.194. The first kappa shape index (κ1) is 22.7. The first-order chi connectivity index (χ1) is 17.7. The summed E-state index contributed by atoms with van der Waals surface area (Å²) in [5.41, 5.74) is 7.00. The number of rotatable bonds is 3. The molecular weight excluding hydrogens is 462 g/mol. The van der Waals surface area contributed by atoms with E-state index in [1.54, 1.807) is 0 Å². The Morgan fingerprint density at radius 1 is 0.889 bits per heavy atom. The molecule has 178 valence electrons. The number of aryl methyl sites for hydroxylation is 1. The largest absolute Gasteiger partial charge is 0.286 e. The Hall–Kier alpha value is -3.70. The molecule has 5 heteroatoms. The summed E-state index contributed by atoms with van der Waals surface area (Å²) in [5.74, 6) is 0.0668. The molecule has 1 fully saturated rings. The Labute approximate surface area is 216 Å². The van der Waals surface area contributed by atoms with E-state index >= 15 is 0 Å². The number of benzene rings is 3. The van der Waals surface area contributed by atoms with Gasteiger partial charge in [0.2, 0.25) is 0 Å². The fourth-order valence-corrected chi connectivity index (χ4v) is 6.10. The van der Waals surface area contributed by atoms with Gasteiger partial charge in [0.25, 0.3) is 5.91 Å². The summed E-state index contributed by atoms with van der Waals surface area (Å²) in [6.07, 6.45) is 7.40. The maximum Gasteiger partial charge on any atom is 0.286 e. The second-order valence-corrected chi connectivity index (χ2v) is 10.5. The zero-order chi connectivity index (χ0) is 24.5. The molecule has 0 saturated heterocycles. The molecule has 2 atom stereocenters. The predicted octanol–water partition coefficient (Wildman–Crippen LogP) is 7.26. The van der Waals surface area contributed by atoms with Crippen molar-refractivity contribution in [3.63, 3.8) is 0 Å². The monoisotopic (exact) mass is 489 g/mol. The molecule has 0 N–H and O–H groups in total. The summed E-state index contributed by atoms with van der Waals surface area (Å²) in [6, 6.07) is 29.2. The SMILES string of the molecule is Cc1ccc(/C=C2/SC(N3N=C4/C(=C/c5ccccc5)CCC[C@H]4[C@H]3c3ccccc3)=NC2=O)cc1. The lowest BCUT2D eigenvalue weighted by atomic mass is 9.77. The van der Waals surface area contributed by atoms with Crippen LogP contribution < -0.4 is 0 Å². The Morgan fingerprint density at radius 2 is 1.58 bits per heavy atom. The second kappa shape index (κ2) is 9.75. The maximum absolute atomic E-state index is 12.9. The van der Waals surface area contributed by atoms with Gasteiger partial charge in [0.15, 0.2) is 5.17 Å². The van der Waals surface area contributed by atoms with Crippen LogP contribution in [-0.4, -0.2) is 21.8 Å². The van der Waals surface area contributed by atoms with Gasteiger partial charge in [-0.05, 0) is 72.4 Å². The number of amides is 1.